The number of imide groups is 1. The Balaban J connectivity index is 1.80. The highest BCUT2D eigenvalue weighted by Gasteiger charge is 2.58. The molecule has 4 rings (SSSR count). The van der Waals surface area contributed by atoms with Crippen molar-refractivity contribution in [3.8, 4) is 0 Å². The smallest absolute Gasteiger partial charge is 0.322 e. The van der Waals surface area contributed by atoms with Crippen molar-refractivity contribution in [2.75, 3.05) is 15.5 Å². The maximum Gasteiger partial charge on any atom is 0.446 e. The number of alkyl halides is 3. The zero-order valence-corrected chi connectivity index (χ0v) is 23.8. The van der Waals surface area contributed by atoms with Crippen LogP contribution in [-0.2, 0) is 14.4 Å². The Morgan fingerprint density at radius 3 is 1.79 bits per heavy atom. The van der Waals surface area contributed by atoms with Crippen LogP contribution in [0, 0.1) is 0 Å². The second-order valence-corrected chi connectivity index (χ2v) is 10.9. The fraction of sp³-hybridized carbons (Fsp3) is 0.286. The number of rotatable bonds is 8. The molecule has 5 amide bonds. The molecule has 3 aromatic rings. The molecule has 2 aromatic heterocycles. The molecule has 1 fully saturated rings. The molecule has 2 atom stereocenters. The van der Waals surface area contributed by atoms with Crippen molar-refractivity contribution in [3.05, 3.63) is 72.1 Å². The van der Waals surface area contributed by atoms with Crippen LogP contribution in [0.4, 0.5) is 35.3 Å². The van der Waals surface area contributed by atoms with Gasteiger partial charge in [-0.05, 0) is 71.4 Å². The molecule has 0 spiro atoms. The van der Waals surface area contributed by atoms with E-state index in [0.29, 0.717) is 11.1 Å². The number of amides is 5. The van der Waals surface area contributed by atoms with Crippen molar-refractivity contribution in [3.63, 3.8) is 0 Å². The number of carbonyl (C=O) groups excluding carboxylic acids is 4. The number of pyridine rings is 2. The quantitative estimate of drug-likeness (QED) is 0.233. The van der Waals surface area contributed by atoms with E-state index in [2.05, 4.69) is 25.9 Å². The molecular weight excluding hydrogens is 573 g/mol. The van der Waals surface area contributed by atoms with Gasteiger partial charge in [0.2, 0.25) is 11.8 Å². The third-order valence-electron chi connectivity index (χ3n) is 6.94. The molecule has 220 valence electrons. The van der Waals surface area contributed by atoms with Crippen molar-refractivity contribution in [1.82, 2.24) is 15.3 Å². The van der Waals surface area contributed by atoms with Crippen molar-refractivity contribution in [2.45, 2.75) is 55.5 Å². The summed E-state index contributed by atoms with van der Waals surface area (Å²) in [5.41, 5.74) is -4.87. The van der Waals surface area contributed by atoms with Crippen LogP contribution in [0.3, 0.4) is 0 Å². The van der Waals surface area contributed by atoms with E-state index in [4.69, 9.17) is 0 Å². The van der Waals surface area contributed by atoms with Crippen molar-refractivity contribution >= 4 is 52.8 Å². The van der Waals surface area contributed by atoms with E-state index in [0.717, 1.165) is 4.90 Å². The van der Waals surface area contributed by atoms with Crippen LogP contribution in [0.15, 0.2) is 65.8 Å². The van der Waals surface area contributed by atoms with E-state index in [1.54, 1.807) is 38.1 Å². The summed E-state index contributed by atoms with van der Waals surface area (Å²) in [6.07, 6.45) is 2.93. The molecule has 2 unspecified atom stereocenters. The Labute approximate surface area is 243 Å². The Bertz CT molecular complexity index is 1470. The number of aromatic nitrogens is 2. The fourth-order valence-corrected chi connectivity index (χ4v) is 5.55. The summed E-state index contributed by atoms with van der Waals surface area (Å²) in [5.74, 6) is -2.25. The van der Waals surface area contributed by atoms with E-state index in [9.17, 15) is 32.3 Å². The Morgan fingerprint density at radius 2 is 1.36 bits per heavy atom. The summed E-state index contributed by atoms with van der Waals surface area (Å²) in [5, 5.41) is 8.08. The monoisotopic (exact) mass is 600 g/mol. The third-order valence-corrected chi connectivity index (χ3v) is 7.68. The molecule has 1 aliphatic rings. The van der Waals surface area contributed by atoms with Gasteiger partial charge in [0.05, 0.1) is 5.69 Å². The van der Waals surface area contributed by atoms with Crippen LogP contribution >= 0.6 is 11.8 Å². The predicted molar refractivity (Wildman–Crippen MR) is 151 cm³/mol. The lowest BCUT2D eigenvalue weighted by atomic mass is 9.70. The van der Waals surface area contributed by atoms with Crippen LogP contribution in [0.5, 0.6) is 0 Å². The number of urea groups is 1. The second kappa shape index (κ2) is 11.8. The molecule has 3 heterocycles. The van der Waals surface area contributed by atoms with Gasteiger partial charge in [0, 0.05) is 43.0 Å². The van der Waals surface area contributed by atoms with Gasteiger partial charge in [0.25, 0.3) is 5.91 Å². The molecule has 0 aliphatic carbocycles. The molecule has 1 saturated heterocycles. The first-order chi connectivity index (χ1) is 19.7. The normalized spacial score (nSPS) is 18.3. The Morgan fingerprint density at radius 1 is 0.881 bits per heavy atom. The van der Waals surface area contributed by atoms with E-state index in [-0.39, 0.29) is 45.8 Å². The molecule has 0 bridgehead atoms. The van der Waals surface area contributed by atoms with Gasteiger partial charge in [-0.25, -0.2) is 19.7 Å². The van der Waals surface area contributed by atoms with Crippen molar-refractivity contribution in [1.29, 1.82) is 0 Å². The summed E-state index contributed by atoms with van der Waals surface area (Å²) in [4.78, 5) is 60.2. The van der Waals surface area contributed by atoms with Gasteiger partial charge in [-0.15, -0.1) is 0 Å². The highest BCUT2D eigenvalue weighted by atomic mass is 32.2. The molecule has 3 N–H and O–H groups in total. The minimum atomic E-state index is -4.50. The van der Waals surface area contributed by atoms with Crippen LogP contribution in [0.2, 0.25) is 0 Å². The van der Waals surface area contributed by atoms with Gasteiger partial charge < -0.3 is 16.0 Å². The molecule has 14 heteroatoms. The SMILES string of the molecule is CC(=O)Nc1cc(C(C)C2(C(C)c3ccnc(NC(C)=O)c3)NC(=O)N(c3ccc(SC(F)(F)F)cc3)C2=O)ccn1. The molecule has 42 heavy (non-hydrogen) atoms. The van der Waals surface area contributed by atoms with Crippen LogP contribution in [-0.4, -0.2) is 44.8 Å². The van der Waals surface area contributed by atoms with E-state index in [1.807, 2.05) is 0 Å². The van der Waals surface area contributed by atoms with E-state index < -0.39 is 34.8 Å². The zero-order valence-electron chi connectivity index (χ0n) is 22.9. The first-order valence-corrected chi connectivity index (χ1v) is 13.5. The summed E-state index contributed by atoms with van der Waals surface area (Å²) >= 11 is -0.307. The van der Waals surface area contributed by atoms with Crippen LogP contribution < -0.4 is 20.9 Å². The maximum atomic E-state index is 14.4. The lowest BCUT2D eigenvalue weighted by Crippen LogP contribution is -2.55. The van der Waals surface area contributed by atoms with Crippen LogP contribution in [0.25, 0.3) is 0 Å². The number of thioether (sulfide) groups is 1. The highest BCUT2D eigenvalue weighted by Crippen LogP contribution is 2.45. The zero-order chi connectivity index (χ0) is 30.8. The number of carbonyl (C=O) groups is 4. The minimum Gasteiger partial charge on any atom is -0.322 e. The molecule has 10 nitrogen and oxygen atoms in total. The average molecular weight is 601 g/mol. The van der Waals surface area contributed by atoms with Gasteiger partial charge >= 0.3 is 11.5 Å². The molecule has 1 aromatic carbocycles. The van der Waals surface area contributed by atoms with Gasteiger partial charge in [0.15, 0.2) is 0 Å². The van der Waals surface area contributed by atoms with Crippen molar-refractivity contribution < 1.29 is 32.3 Å². The molecule has 1 aliphatic heterocycles. The van der Waals surface area contributed by atoms with Gasteiger partial charge in [-0.3, -0.25) is 14.4 Å². The van der Waals surface area contributed by atoms with E-state index in [1.165, 1.54) is 50.5 Å². The van der Waals surface area contributed by atoms with Crippen molar-refractivity contribution in [2.24, 2.45) is 0 Å². The predicted octanol–water partition coefficient (Wildman–Crippen LogP) is 5.41. The summed E-state index contributed by atoms with van der Waals surface area (Å²) in [7, 11) is 0. The number of halogens is 3. The number of nitrogens with zero attached hydrogens (tertiary/aromatic N) is 3. The Hall–Kier alpha value is -4.46. The number of benzene rings is 1. The number of anilines is 3. The average Bonchev–Trinajstić information content (AvgIpc) is 3.17. The third kappa shape index (κ3) is 6.38. The summed E-state index contributed by atoms with van der Waals surface area (Å²) < 4.78 is 38.5. The van der Waals surface area contributed by atoms with Gasteiger partial charge in [-0.2, -0.15) is 13.2 Å². The lowest BCUT2D eigenvalue weighted by molar-refractivity contribution is -0.123. The number of hydrogen-bond donors (Lipinski definition) is 3. The highest BCUT2D eigenvalue weighted by molar-refractivity contribution is 8.00. The minimum absolute atomic E-state index is 0.0904. The fourth-order valence-electron chi connectivity index (χ4n) is 5.01. The molecular formula is C28H27F3N6O4S. The second-order valence-electron chi connectivity index (χ2n) is 9.74. The van der Waals surface area contributed by atoms with Crippen LogP contribution in [0.1, 0.15) is 50.7 Å². The summed E-state index contributed by atoms with van der Waals surface area (Å²) in [6, 6.07) is 10.7. The lowest BCUT2D eigenvalue weighted by Gasteiger charge is -2.39. The van der Waals surface area contributed by atoms with E-state index >= 15 is 0 Å². The van der Waals surface area contributed by atoms with Gasteiger partial charge in [-0.1, -0.05) is 13.8 Å². The number of nitrogens with one attached hydrogen (secondary N) is 3. The molecule has 0 radical (unpaired) electrons. The first kappa shape index (κ1) is 30.5. The standard InChI is InChI=1S/C28H27F3N6O4S/c1-15(19-9-11-32-23(13-19)34-17(3)38)27(16(2)20-10-12-33-24(14-20)35-18(4)39)25(40)37(26(41)36-27)21-5-7-22(8-6-21)42-28(29,30)31/h5-16H,1-4H3,(H,36,41)(H,32,34,38)(H,33,35,39). The van der Waals surface area contributed by atoms with Gasteiger partial charge in [0.1, 0.15) is 17.2 Å². The Kier molecular flexibility index (Phi) is 8.57. The number of hydrogen-bond acceptors (Lipinski definition) is 7. The topological polar surface area (TPSA) is 133 Å². The maximum absolute atomic E-state index is 14.4. The molecule has 0 saturated carbocycles. The summed E-state index contributed by atoms with van der Waals surface area (Å²) in [6.45, 7) is 6.14. The first-order valence-electron chi connectivity index (χ1n) is 12.7. The largest absolute Gasteiger partial charge is 0.446 e.